The van der Waals surface area contributed by atoms with E-state index < -0.39 is 25.5 Å². The molecule has 0 bridgehead atoms. The van der Waals surface area contributed by atoms with E-state index in [0.717, 1.165) is 12.1 Å². The third-order valence-electron chi connectivity index (χ3n) is 1.80. The smallest absolute Gasteiger partial charge is 0.289 e. The van der Waals surface area contributed by atoms with Gasteiger partial charge in [-0.1, -0.05) is 6.92 Å². The Kier molecular flexibility index (Phi) is 3.45. The summed E-state index contributed by atoms with van der Waals surface area (Å²) in [6.07, 6.45) is 0. The highest BCUT2D eigenvalue weighted by Crippen LogP contribution is 2.25. The number of hydrogen-bond acceptors (Lipinski definition) is 5. The normalized spacial score (nSPS) is 11.3. The highest BCUT2D eigenvalue weighted by atomic mass is 32.2. The summed E-state index contributed by atoms with van der Waals surface area (Å²) in [5.74, 6) is 0. The number of anilines is 1. The van der Waals surface area contributed by atoms with Crippen molar-refractivity contribution in [2.24, 2.45) is 0 Å². The molecule has 1 aromatic carbocycles. The average molecular weight is 245 g/mol. The number of sulfonamides is 1. The molecule has 0 unspecified atom stereocenters. The van der Waals surface area contributed by atoms with Gasteiger partial charge in [-0.25, -0.2) is 13.1 Å². The molecule has 0 spiro atoms. The standard InChI is InChI=1S/C8H11N3O4S/c1-2-10-16(14,15)8-5-6(9)3-4-7(8)11(12)13/h3-5,10H,2,9H2,1H3. The Morgan fingerprint density at radius 3 is 2.62 bits per heavy atom. The average Bonchev–Trinajstić information content (AvgIpc) is 2.17. The largest absolute Gasteiger partial charge is 0.399 e. The number of nitrogen functional groups attached to an aromatic ring is 1. The van der Waals surface area contributed by atoms with Crippen molar-refractivity contribution >= 4 is 21.4 Å². The molecular weight excluding hydrogens is 234 g/mol. The van der Waals surface area contributed by atoms with Gasteiger partial charge >= 0.3 is 0 Å². The Morgan fingerprint density at radius 1 is 1.50 bits per heavy atom. The number of benzene rings is 1. The molecule has 0 saturated heterocycles. The predicted octanol–water partition coefficient (Wildman–Crippen LogP) is 0.475. The van der Waals surface area contributed by atoms with Gasteiger partial charge in [-0.3, -0.25) is 10.1 Å². The molecule has 3 N–H and O–H groups in total. The van der Waals surface area contributed by atoms with Crippen molar-refractivity contribution in [3.63, 3.8) is 0 Å². The van der Waals surface area contributed by atoms with Gasteiger partial charge in [-0.05, 0) is 12.1 Å². The summed E-state index contributed by atoms with van der Waals surface area (Å²) in [6, 6.07) is 3.42. The fraction of sp³-hybridized carbons (Fsp3) is 0.250. The summed E-state index contributed by atoms with van der Waals surface area (Å²) >= 11 is 0. The van der Waals surface area contributed by atoms with Crippen LogP contribution >= 0.6 is 0 Å². The van der Waals surface area contributed by atoms with Crippen LogP contribution in [0.4, 0.5) is 11.4 Å². The molecule has 0 saturated carbocycles. The maximum absolute atomic E-state index is 11.6. The Bertz CT molecular complexity index is 512. The predicted molar refractivity (Wildman–Crippen MR) is 58.4 cm³/mol. The van der Waals surface area contributed by atoms with Gasteiger partial charge in [0.25, 0.3) is 5.69 Å². The van der Waals surface area contributed by atoms with Crippen LogP contribution in [0.15, 0.2) is 23.1 Å². The Labute approximate surface area is 92.5 Å². The van der Waals surface area contributed by atoms with Crippen molar-refractivity contribution in [2.75, 3.05) is 12.3 Å². The van der Waals surface area contributed by atoms with Gasteiger partial charge in [0.15, 0.2) is 4.90 Å². The minimum Gasteiger partial charge on any atom is -0.399 e. The number of nitrogens with zero attached hydrogens (tertiary/aromatic N) is 1. The first-order chi connectivity index (χ1) is 7.38. The number of rotatable bonds is 4. The minimum absolute atomic E-state index is 0.147. The Hall–Kier alpha value is -1.67. The van der Waals surface area contributed by atoms with E-state index in [2.05, 4.69) is 4.72 Å². The lowest BCUT2D eigenvalue weighted by Gasteiger charge is -2.05. The van der Waals surface area contributed by atoms with Crippen LogP contribution in [0.5, 0.6) is 0 Å². The lowest BCUT2D eigenvalue weighted by molar-refractivity contribution is -0.387. The van der Waals surface area contributed by atoms with Crippen LogP contribution in [0.1, 0.15) is 6.92 Å². The van der Waals surface area contributed by atoms with E-state index in [1.165, 1.54) is 6.07 Å². The summed E-state index contributed by atoms with van der Waals surface area (Å²) in [4.78, 5) is 9.48. The molecule has 0 fully saturated rings. The van der Waals surface area contributed by atoms with Crippen LogP contribution in [0, 0.1) is 10.1 Å². The first kappa shape index (κ1) is 12.4. The maximum atomic E-state index is 11.6. The number of nitrogens with one attached hydrogen (secondary N) is 1. The monoisotopic (exact) mass is 245 g/mol. The van der Waals surface area contributed by atoms with Gasteiger partial charge in [-0.15, -0.1) is 0 Å². The Balaban J connectivity index is 3.42. The number of hydrogen-bond donors (Lipinski definition) is 2. The second-order valence-corrected chi connectivity index (χ2v) is 4.72. The molecule has 0 atom stereocenters. The van der Waals surface area contributed by atoms with Gasteiger partial charge < -0.3 is 5.73 Å². The highest BCUT2D eigenvalue weighted by molar-refractivity contribution is 7.89. The zero-order valence-electron chi connectivity index (χ0n) is 8.50. The quantitative estimate of drug-likeness (QED) is 0.454. The van der Waals surface area contributed by atoms with Crippen molar-refractivity contribution in [1.82, 2.24) is 4.72 Å². The SMILES string of the molecule is CCNS(=O)(=O)c1cc(N)ccc1[N+](=O)[O-]. The summed E-state index contributed by atoms with van der Waals surface area (Å²) in [5.41, 5.74) is 5.07. The van der Waals surface area contributed by atoms with Crippen LogP contribution < -0.4 is 10.5 Å². The summed E-state index contributed by atoms with van der Waals surface area (Å²) in [6.45, 7) is 1.73. The summed E-state index contributed by atoms with van der Waals surface area (Å²) in [7, 11) is -3.88. The fourth-order valence-electron chi connectivity index (χ4n) is 1.16. The lowest BCUT2D eigenvalue weighted by Crippen LogP contribution is -2.24. The van der Waals surface area contributed by atoms with Gasteiger partial charge in [0, 0.05) is 18.3 Å². The minimum atomic E-state index is -3.88. The second-order valence-electron chi connectivity index (χ2n) is 2.99. The molecule has 7 nitrogen and oxygen atoms in total. The highest BCUT2D eigenvalue weighted by Gasteiger charge is 2.24. The molecule has 88 valence electrons. The zero-order valence-corrected chi connectivity index (χ0v) is 9.32. The van der Waals surface area contributed by atoms with E-state index in [1.54, 1.807) is 6.92 Å². The first-order valence-corrected chi connectivity index (χ1v) is 5.90. The molecule has 0 aliphatic heterocycles. The third kappa shape index (κ3) is 2.47. The molecule has 8 heteroatoms. The fourth-order valence-corrected chi connectivity index (χ4v) is 2.41. The van der Waals surface area contributed by atoms with Crippen LogP contribution in [0.3, 0.4) is 0 Å². The molecule has 0 amide bonds. The Morgan fingerprint density at radius 2 is 2.12 bits per heavy atom. The molecule has 0 heterocycles. The van der Waals surface area contributed by atoms with Crippen molar-refractivity contribution in [3.8, 4) is 0 Å². The van der Waals surface area contributed by atoms with E-state index in [9.17, 15) is 18.5 Å². The van der Waals surface area contributed by atoms with Crippen molar-refractivity contribution in [2.45, 2.75) is 11.8 Å². The van der Waals surface area contributed by atoms with Crippen LogP contribution in [0.2, 0.25) is 0 Å². The van der Waals surface area contributed by atoms with Gasteiger partial charge in [0.05, 0.1) is 4.92 Å². The van der Waals surface area contributed by atoms with Crippen molar-refractivity contribution < 1.29 is 13.3 Å². The molecule has 1 rings (SSSR count). The van der Waals surface area contributed by atoms with E-state index in [0.29, 0.717) is 0 Å². The van der Waals surface area contributed by atoms with E-state index in [4.69, 9.17) is 5.73 Å². The van der Waals surface area contributed by atoms with Crippen molar-refractivity contribution in [3.05, 3.63) is 28.3 Å². The molecule has 0 aliphatic carbocycles. The number of nitro groups is 1. The van der Waals surface area contributed by atoms with Gasteiger partial charge in [-0.2, -0.15) is 0 Å². The molecule has 0 radical (unpaired) electrons. The maximum Gasteiger partial charge on any atom is 0.289 e. The molecule has 0 aliphatic rings. The molecule has 0 aromatic heterocycles. The summed E-state index contributed by atoms with van der Waals surface area (Å²) in [5, 5.41) is 10.7. The van der Waals surface area contributed by atoms with E-state index >= 15 is 0 Å². The topological polar surface area (TPSA) is 115 Å². The number of nitrogens with two attached hydrogens (primary N) is 1. The van der Waals surface area contributed by atoms with Crippen LogP contribution in [0.25, 0.3) is 0 Å². The third-order valence-corrected chi connectivity index (χ3v) is 3.38. The van der Waals surface area contributed by atoms with Crippen molar-refractivity contribution in [1.29, 1.82) is 0 Å². The lowest BCUT2D eigenvalue weighted by atomic mass is 10.3. The second kappa shape index (κ2) is 4.45. The first-order valence-electron chi connectivity index (χ1n) is 4.42. The number of nitro benzene ring substituents is 1. The van der Waals surface area contributed by atoms with Crippen LogP contribution in [-0.2, 0) is 10.0 Å². The van der Waals surface area contributed by atoms with Gasteiger partial charge in [0.2, 0.25) is 10.0 Å². The van der Waals surface area contributed by atoms with Crippen LogP contribution in [-0.4, -0.2) is 19.9 Å². The zero-order chi connectivity index (χ0) is 12.3. The molecule has 16 heavy (non-hydrogen) atoms. The molecule has 1 aromatic rings. The van der Waals surface area contributed by atoms with E-state index in [1.807, 2.05) is 0 Å². The molecular formula is C8H11N3O4S. The summed E-state index contributed by atoms with van der Waals surface area (Å²) < 4.78 is 25.4. The van der Waals surface area contributed by atoms with E-state index in [-0.39, 0.29) is 12.2 Å². The van der Waals surface area contributed by atoms with Gasteiger partial charge in [0.1, 0.15) is 0 Å².